The van der Waals surface area contributed by atoms with Crippen molar-refractivity contribution < 1.29 is 24.5 Å². The van der Waals surface area contributed by atoms with E-state index in [9.17, 15) is 19.8 Å². The van der Waals surface area contributed by atoms with Crippen molar-refractivity contribution in [3.63, 3.8) is 0 Å². The fourth-order valence-corrected chi connectivity index (χ4v) is 4.91. The number of phenols is 2. The van der Waals surface area contributed by atoms with Crippen molar-refractivity contribution in [2.24, 2.45) is 0 Å². The number of unbranched alkanes of at least 4 members (excludes halogenated alkanes) is 6. The van der Waals surface area contributed by atoms with Crippen LogP contribution in [-0.2, 0) is 22.5 Å². The van der Waals surface area contributed by atoms with Crippen molar-refractivity contribution in [3.8, 4) is 11.5 Å². The van der Waals surface area contributed by atoms with Crippen LogP contribution < -0.4 is 0 Å². The highest BCUT2D eigenvalue weighted by Crippen LogP contribution is 2.28. The number of amides is 2. The summed E-state index contributed by atoms with van der Waals surface area (Å²) >= 11 is 0. The van der Waals surface area contributed by atoms with E-state index >= 15 is 0 Å². The molecule has 3 rings (SSSR count). The van der Waals surface area contributed by atoms with Gasteiger partial charge in [0.2, 0.25) is 5.91 Å². The zero-order valence-electron chi connectivity index (χ0n) is 23.0. The maximum absolute atomic E-state index is 13.3. The van der Waals surface area contributed by atoms with Crippen molar-refractivity contribution >= 4 is 11.8 Å². The number of carbonyl (C=O) groups excluding carboxylic acids is 2. The number of ether oxygens (including phenoxy) is 1. The van der Waals surface area contributed by atoms with Crippen molar-refractivity contribution in [1.29, 1.82) is 0 Å². The number of benzene rings is 2. The summed E-state index contributed by atoms with van der Waals surface area (Å²) in [6.07, 6.45) is 9.79. The molecule has 7 heteroatoms. The fourth-order valence-electron chi connectivity index (χ4n) is 4.91. The fraction of sp³-hybridized carbons (Fsp3) is 0.548. The Morgan fingerprint density at radius 2 is 1.61 bits per heavy atom. The van der Waals surface area contributed by atoms with Crippen molar-refractivity contribution in [2.75, 3.05) is 26.8 Å². The molecule has 1 atom stereocenters. The van der Waals surface area contributed by atoms with Crippen LogP contribution in [0.3, 0.4) is 0 Å². The minimum absolute atomic E-state index is 0.0904. The van der Waals surface area contributed by atoms with Crippen LogP contribution >= 0.6 is 0 Å². The first-order chi connectivity index (χ1) is 18.4. The Bertz CT molecular complexity index is 1020. The number of phenolic OH excluding ortho intramolecular Hbond substituents is 2. The molecule has 7 nitrogen and oxygen atoms in total. The van der Waals surface area contributed by atoms with Gasteiger partial charge in [0.25, 0.3) is 5.91 Å². The normalized spacial score (nSPS) is 14.8. The van der Waals surface area contributed by atoms with E-state index in [0.717, 1.165) is 69.0 Å². The van der Waals surface area contributed by atoms with E-state index in [2.05, 4.69) is 6.92 Å². The molecule has 0 aromatic heterocycles. The van der Waals surface area contributed by atoms with Crippen LogP contribution in [0.5, 0.6) is 11.5 Å². The maximum atomic E-state index is 13.3. The molecule has 0 bridgehead atoms. The quantitative estimate of drug-likeness (QED) is 0.293. The van der Waals surface area contributed by atoms with E-state index in [1.165, 1.54) is 12.1 Å². The van der Waals surface area contributed by atoms with E-state index in [1.54, 1.807) is 24.3 Å². The van der Waals surface area contributed by atoms with Crippen LogP contribution in [0.4, 0.5) is 0 Å². The topological polar surface area (TPSA) is 90.3 Å². The van der Waals surface area contributed by atoms with E-state index in [1.807, 2.05) is 22.9 Å². The van der Waals surface area contributed by atoms with Crippen LogP contribution in [0, 0.1) is 0 Å². The first kappa shape index (κ1) is 29.5. The number of nitrogens with zero attached hydrogens (tertiary/aromatic N) is 2. The lowest BCUT2D eigenvalue weighted by Gasteiger charge is -2.37. The zero-order chi connectivity index (χ0) is 27.3. The minimum Gasteiger partial charge on any atom is -0.508 e. The second-order valence-electron chi connectivity index (χ2n) is 10.4. The molecule has 0 aliphatic carbocycles. The van der Waals surface area contributed by atoms with Gasteiger partial charge in [0.05, 0.1) is 12.6 Å². The van der Waals surface area contributed by atoms with Gasteiger partial charge in [0, 0.05) is 38.7 Å². The summed E-state index contributed by atoms with van der Waals surface area (Å²) in [5.41, 5.74) is 2.60. The highest BCUT2D eigenvalue weighted by atomic mass is 16.5. The lowest BCUT2D eigenvalue weighted by atomic mass is 9.93. The highest BCUT2D eigenvalue weighted by molar-refractivity contribution is 5.94. The highest BCUT2D eigenvalue weighted by Gasteiger charge is 2.30. The Labute approximate surface area is 227 Å². The van der Waals surface area contributed by atoms with Crippen LogP contribution in [-0.4, -0.2) is 64.7 Å². The first-order valence-corrected chi connectivity index (χ1v) is 14.1. The zero-order valence-corrected chi connectivity index (χ0v) is 23.0. The van der Waals surface area contributed by atoms with Gasteiger partial charge < -0.3 is 24.7 Å². The molecule has 0 saturated heterocycles. The molecule has 2 aromatic rings. The molecule has 1 heterocycles. The average molecular weight is 525 g/mol. The monoisotopic (exact) mass is 524 g/mol. The third kappa shape index (κ3) is 9.05. The molecule has 0 saturated carbocycles. The third-order valence-corrected chi connectivity index (χ3v) is 7.31. The van der Waals surface area contributed by atoms with Gasteiger partial charge in [-0.3, -0.25) is 9.59 Å². The molecule has 2 aromatic carbocycles. The number of fused-ring (bicyclic) bond motifs is 1. The van der Waals surface area contributed by atoms with E-state index in [0.29, 0.717) is 38.2 Å². The molecule has 0 spiro atoms. The lowest BCUT2D eigenvalue weighted by molar-refractivity contribution is -0.130. The van der Waals surface area contributed by atoms with Gasteiger partial charge in [0.15, 0.2) is 0 Å². The SMILES string of the molecule is CCCCN(C)C(=O)CCCCCCCCOCC1Cc2cc(O)ccc2CN1C(=O)c1ccc(O)cc1. The van der Waals surface area contributed by atoms with Crippen LogP contribution in [0.15, 0.2) is 42.5 Å². The van der Waals surface area contributed by atoms with E-state index in [-0.39, 0.29) is 29.4 Å². The lowest BCUT2D eigenvalue weighted by Crippen LogP contribution is -2.46. The molecule has 1 aliphatic rings. The average Bonchev–Trinajstić information content (AvgIpc) is 2.92. The molecule has 0 radical (unpaired) electrons. The Morgan fingerprint density at radius 1 is 0.921 bits per heavy atom. The molecular formula is C31H44N2O5. The maximum Gasteiger partial charge on any atom is 0.254 e. The number of carbonyl (C=O) groups is 2. The van der Waals surface area contributed by atoms with E-state index < -0.39 is 0 Å². The third-order valence-electron chi connectivity index (χ3n) is 7.31. The smallest absolute Gasteiger partial charge is 0.254 e. The molecule has 208 valence electrons. The number of hydrogen-bond donors (Lipinski definition) is 2. The number of rotatable bonds is 15. The largest absolute Gasteiger partial charge is 0.508 e. The van der Waals surface area contributed by atoms with Gasteiger partial charge in [0.1, 0.15) is 11.5 Å². The van der Waals surface area contributed by atoms with Crippen LogP contribution in [0.1, 0.15) is 86.2 Å². The number of hydrogen-bond acceptors (Lipinski definition) is 5. The molecule has 0 fully saturated rings. The van der Waals surface area contributed by atoms with Gasteiger partial charge >= 0.3 is 0 Å². The standard InChI is InChI=1S/C31H44N2O5/c1-3-4-18-32(2)30(36)11-9-7-5-6-8-10-19-38-23-27-20-26-21-29(35)17-14-25(26)22-33(27)31(37)24-12-15-28(34)16-13-24/h12-17,21,27,34-35H,3-11,18-20,22-23H2,1-2H3. The summed E-state index contributed by atoms with van der Waals surface area (Å²) in [7, 11) is 1.90. The van der Waals surface area contributed by atoms with E-state index in [4.69, 9.17) is 4.74 Å². The van der Waals surface area contributed by atoms with Gasteiger partial charge in [-0.2, -0.15) is 0 Å². The second kappa shape index (κ2) is 15.4. The van der Waals surface area contributed by atoms with Gasteiger partial charge in [-0.05, 0) is 73.2 Å². The summed E-state index contributed by atoms with van der Waals surface area (Å²) in [6, 6.07) is 11.5. The summed E-state index contributed by atoms with van der Waals surface area (Å²) in [6.45, 7) is 4.53. The summed E-state index contributed by atoms with van der Waals surface area (Å²) in [4.78, 5) is 29.1. The van der Waals surface area contributed by atoms with Crippen molar-refractivity contribution in [2.45, 2.75) is 83.7 Å². The van der Waals surface area contributed by atoms with Gasteiger partial charge in [-0.15, -0.1) is 0 Å². The van der Waals surface area contributed by atoms with Gasteiger partial charge in [-0.25, -0.2) is 0 Å². The van der Waals surface area contributed by atoms with Crippen molar-refractivity contribution in [3.05, 3.63) is 59.2 Å². The van der Waals surface area contributed by atoms with Crippen molar-refractivity contribution in [1.82, 2.24) is 9.80 Å². The molecule has 1 unspecified atom stereocenters. The Balaban J connectivity index is 1.38. The minimum atomic E-state index is -0.126. The Morgan fingerprint density at radius 3 is 2.34 bits per heavy atom. The predicted molar refractivity (Wildman–Crippen MR) is 149 cm³/mol. The second-order valence-corrected chi connectivity index (χ2v) is 10.4. The first-order valence-electron chi connectivity index (χ1n) is 14.1. The molecule has 2 amide bonds. The molecular weight excluding hydrogens is 480 g/mol. The summed E-state index contributed by atoms with van der Waals surface area (Å²) in [5, 5.41) is 19.5. The number of aromatic hydroxyl groups is 2. The van der Waals surface area contributed by atoms with Crippen LogP contribution in [0.2, 0.25) is 0 Å². The predicted octanol–water partition coefficient (Wildman–Crippen LogP) is 5.67. The van der Waals surface area contributed by atoms with Crippen LogP contribution in [0.25, 0.3) is 0 Å². The molecule has 2 N–H and O–H groups in total. The summed E-state index contributed by atoms with van der Waals surface area (Å²) < 4.78 is 6.02. The molecule has 38 heavy (non-hydrogen) atoms. The summed E-state index contributed by atoms with van der Waals surface area (Å²) in [5.74, 6) is 0.525. The van der Waals surface area contributed by atoms with Gasteiger partial charge in [-0.1, -0.05) is 45.1 Å². The molecule has 1 aliphatic heterocycles. The Kier molecular flexibility index (Phi) is 11.9. The Hall–Kier alpha value is -3.06.